The van der Waals surface area contributed by atoms with Crippen LogP contribution in [0.4, 0.5) is 0 Å². The van der Waals surface area contributed by atoms with Crippen molar-refractivity contribution < 1.29 is 13.2 Å². The van der Waals surface area contributed by atoms with Crippen LogP contribution in [0, 0.1) is 0 Å². The van der Waals surface area contributed by atoms with Gasteiger partial charge >= 0.3 is 0 Å². The summed E-state index contributed by atoms with van der Waals surface area (Å²) in [6.45, 7) is 1.99. The van der Waals surface area contributed by atoms with Gasteiger partial charge in [0.05, 0.1) is 23.2 Å². The maximum atomic E-state index is 12.3. The van der Waals surface area contributed by atoms with Gasteiger partial charge in [-0.25, -0.2) is 8.42 Å². The first-order valence-corrected chi connectivity index (χ1v) is 8.07. The first-order chi connectivity index (χ1) is 7.94. The number of sulfone groups is 1. The third kappa shape index (κ3) is 1.78. The molecule has 5 nitrogen and oxygen atoms in total. The van der Waals surface area contributed by atoms with Gasteiger partial charge in [-0.2, -0.15) is 0 Å². The van der Waals surface area contributed by atoms with Gasteiger partial charge in [0, 0.05) is 6.04 Å². The number of hydrogen-bond acceptors (Lipinski definition) is 4. The van der Waals surface area contributed by atoms with E-state index in [9.17, 15) is 13.2 Å². The van der Waals surface area contributed by atoms with E-state index in [-0.39, 0.29) is 35.2 Å². The Bertz CT molecular complexity index is 441. The Labute approximate surface area is 101 Å². The average molecular weight is 258 g/mol. The minimum absolute atomic E-state index is 0.0517. The molecule has 2 saturated heterocycles. The average Bonchev–Trinajstić information content (AvgIpc) is 2.96. The molecule has 2 aliphatic heterocycles. The van der Waals surface area contributed by atoms with E-state index in [0.29, 0.717) is 12.8 Å². The number of carbonyl (C=O) groups excluding carboxylic acids is 1. The Hall–Kier alpha value is -0.620. The second-order valence-corrected chi connectivity index (χ2v) is 7.80. The van der Waals surface area contributed by atoms with Gasteiger partial charge in [0.25, 0.3) is 0 Å². The highest BCUT2D eigenvalue weighted by atomic mass is 32.2. The van der Waals surface area contributed by atoms with E-state index in [0.717, 1.165) is 12.8 Å². The van der Waals surface area contributed by atoms with Crippen LogP contribution >= 0.6 is 0 Å². The molecule has 1 spiro atoms. The van der Waals surface area contributed by atoms with Crippen LogP contribution in [0.5, 0.6) is 0 Å². The van der Waals surface area contributed by atoms with Gasteiger partial charge in [0.2, 0.25) is 5.91 Å². The first kappa shape index (κ1) is 11.5. The monoisotopic (exact) mass is 258 g/mol. The van der Waals surface area contributed by atoms with Crippen molar-refractivity contribution >= 4 is 15.7 Å². The lowest BCUT2D eigenvalue weighted by atomic mass is 10.1. The van der Waals surface area contributed by atoms with Crippen molar-refractivity contribution in [3.05, 3.63) is 0 Å². The number of hydrogen-bond donors (Lipinski definition) is 1. The molecule has 0 bridgehead atoms. The summed E-state index contributed by atoms with van der Waals surface area (Å²) in [7, 11) is -2.85. The van der Waals surface area contributed by atoms with Crippen molar-refractivity contribution in [2.75, 3.05) is 11.5 Å². The summed E-state index contributed by atoms with van der Waals surface area (Å²) in [6, 6.07) is 0.105. The highest BCUT2D eigenvalue weighted by Crippen LogP contribution is 2.43. The molecule has 3 aliphatic rings. The van der Waals surface area contributed by atoms with Gasteiger partial charge in [-0.05, 0) is 32.6 Å². The summed E-state index contributed by atoms with van der Waals surface area (Å²) >= 11 is 0. The molecule has 1 atom stereocenters. The fourth-order valence-electron chi connectivity index (χ4n) is 3.08. The summed E-state index contributed by atoms with van der Waals surface area (Å²) in [4.78, 5) is 14.2. The molecule has 0 radical (unpaired) electrons. The summed E-state index contributed by atoms with van der Waals surface area (Å²) in [5.41, 5.74) is -0.282. The van der Waals surface area contributed by atoms with Crippen LogP contribution in [0.3, 0.4) is 0 Å². The maximum absolute atomic E-state index is 12.3. The zero-order chi connectivity index (χ0) is 12.3. The third-order valence-electron chi connectivity index (χ3n) is 4.21. The fraction of sp³-hybridized carbons (Fsp3) is 0.909. The molecule has 1 N–H and O–H groups in total. The smallest absolute Gasteiger partial charge is 0.244 e. The standard InChI is InChI=1S/C11H18N2O3S/c1-8-12-11(4-5-11)10(14)13(8)9-2-6-17(15,16)7-3-9/h8-9,12H,2-7H2,1H3. The molecule has 2 heterocycles. The molecule has 3 rings (SSSR count). The molecule has 6 heteroatoms. The van der Waals surface area contributed by atoms with Crippen LogP contribution in [0.2, 0.25) is 0 Å². The Morgan fingerprint density at radius 1 is 1.29 bits per heavy atom. The van der Waals surface area contributed by atoms with Crippen molar-refractivity contribution in [1.82, 2.24) is 10.2 Å². The zero-order valence-corrected chi connectivity index (χ0v) is 10.8. The number of rotatable bonds is 1. The number of amides is 1. The summed E-state index contributed by atoms with van der Waals surface area (Å²) in [5, 5.41) is 3.35. The van der Waals surface area contributed by atoms with Gasteiger partial charge < -0.3 is 4.90 Å². The predicted octanol–water partition coefficient (Wildman–Crippen LogP) is -0.126. The molecule has 1 saturated carbocycles. The lowest BCUT2D eigenvalue weighted by molar-refractivity contribution is -0.133. The molecule has 1 amide bonds. The van der Waals surface area contributed by atoms with E-state index in [1.807, 2.05) is 11.8 Å². The highest BCUT2D eigenvalue weighted by molar-refractivity contribution is 7.91. The maximum Gasteiger partial charge on any atom is 0.244 e. The molecular formula is C11H18N2O3S. The van der Waals surface area contributed by atoms with Crippen molar-refractivity contribution in [3.8, 4) is 0 Å². The second-order valence-electron chi connectivity index (χ2n) is 5.50. The molecule has 0 aromatic heterocycles. The lowest BCUT2D eigenvalue weighted by Gasteiger charge is -2.33. The molecule has 1 unspecified atom stereocenters. The summed E-state index contributed by atoms with van der Waals surface area (Å²) in [6.07, 6.45) is 3.10. The first-order valence-electron chi connectivity index (χ1n) is 6.24. The zero-order valence-electron chi connectivity index (χ0n) is 9.98. The van der Waals surface area contributed by atoms with E-state index in [1.54, 1.807) is 0 Å². The van der Waals surface area contributed by atoms with Crippen LogP contribution in [0.1, 0.15) is 32.6 Å². The topological polar surface area (TPSA) is 66.5 Å². The summed E-state index contributed by atoms with van der Waals surface area (Å²) < 4.78 is 22.8. The highest BCUT2D eigenvalue weighted by Gasteiger charge is 2.59. The van der Waals surface area contributed by atoms with Crippen LogP contribution in [-0.2, 0) is 14.6 Å². The van der Waals surface area contributed by atoms with Crippen molar-refractivity contribution in [2.45, 2.75) is 50.4 Å². The van der Waals surface area contributed by atoms with Crippen molar-refractivity contribution in [1.29, 1.82) is 0 Å². The van der Waals surface area contributed by atoms with Crippen LogP contribution in [-0.4, -0.2) is 48.5 Å². The Morgan fingerprint density at radius 2 is 1.88 bits per heavy atom. The van der Waals surface area contributed by atoms with E-state index in [2.05, 4.69) is 5.32 Å². The van der Waals surface area contributed by atoms with Crippen LogP contribution in [0.25, 0.3) is 0 Å². The van der Waals surface area contributed by atoms with Gasteiger partial charge in [-0.3, -0.25) is 10.1 Å². The van der Waals surface area contributed by atoms with Crippen molar-refractivity contribution in [3.63, 3.8) is 0 Å². The van der Waals surface area contributed by atoms with Gasteiger partial charge in [-0.15, -0.1) is 0 Å². The minimum Gasteiger partial charge on any atom is -0.323 e. The van der Waals surface area contributed by atoms with Crippen LogP contribution in [0.15, 0.2) is 0 Å². The second kappa shape index (κ2) is 3.45. The molecule has 3 fully saturated rings. The minimum atomic E-state index is -2.85. The molecule has 17 heavy (non-hydrogen) atoms. The Kier molecular flexibility index (Phi) is 2.32. The van der Waals surface area contributed by atoms with Gasteiger partial charge in [0.1, 0.15) is 9.84 Å². The molecule has 96 valence electrons. The summed E-state index contributed by atoms with van der Waals surface area (Å²) in [5.74, 6) is 0.636. The van der Waals surface area contributed by atoms with E-state index in [4.69, 9.17) is 0 Å². The fourth-order valence-corrected chi connectivity index (χ4v) is 4.54. The number of carbonyl (C=O) groups is 1. The van der Waals surface area contributed by atoms with Gasteiger partial charge in [-0.1, -0.05) is 0 Å². The molecule has 0 aromatic carbocycles. The SMILES string of the molecule is CC1NC2(CC2)C(=O)N1C1CCS(=O)(=O)CC1. The molecule has 1 aliphatic carbocycles. The van der Waals surface area contributed by atoms with Crippen LogP contribution < -0.4 is 5.32 Å². The van der Waals surface area contributed by atoms with Crippen molar-refractivity contribution in [2.24, 2.45) is 0 Å². The van der Waals surface area contributed by atoms with E-state index < -0.39 is 9.84 Å². The lowest BCUT2D eigenvalue weighted by Crippen LogP contribution is -2.46. The Morgan fingerprint density at radius 3 is 2.35 bits per heavy atom. The number of nitrogens with one attached hydrogen (secondary N) is 1. The predicted molar refractivity (Wildman–Crippen MR) is 63.1 cm³/mol. The Balaban J connectivity index is 1.75. The normalized spacial score (nSPS) is 35.5. The van der Waals surface area contributed by atoms with E-state index >= 15 is 0 Å². The van der Waals surface area contributed by atoms with E-state index in [1.165, 1.54) is 0 Å². The number of nitrogens with zero attached hydrogens (tertiary/aromatic N) is 1. The molecular weight excluding hydrogens is 240 g/mol. The van der Waals surface area contributed by atoms with Gasteiger partial charge in [0.15, 0.2) is 0 Å². The molecule has 0 aromatic rings. The quantitative estimate of drug-likeness (QED) is 0.712. The third-order valence-corrected chi connectivity index (χ3v) is 5.93. The largest absolute Gasteiger partial charge is 0.323 e.